The van der Waals surface area contributed by atoms with Crippen molar-refractivity contribution < 1.29 is 13.2 Å². The molecule has 0 radical (unpaired) electrons. The SMILES string of the molecule is O=C(/C=C/c1ccc(-c2ccccc2)s1)Nc1ccc(S(=O)(=O)Nc2ncccn2)cc1. The van der Waals surface area contributed by atoms with Crippen LogP contribution >= 0.6 is 11.3 Å². The molecule has 2 N–H and O–H groups in total. The van der Waals surface area contributed by atoms with Crippen molar-refractivity contribution in [2.75, 3.05) is 10.0 Å². The summed E-state index contributed by atoms with van der Waals surface area (Å²) in [4.78, 5) is 22.0. The fraction of sp³-hybridized carbons (Fsp3) is 0. The fourth-order valence-electron chi connectivity index (χ4n) is 2.79. The Morgan fingerprint density at radius 1 is 0.875 bits per heavy atom. The van der Waals surface area contributed by atoms with Crippen LogP contribution in [0, 0.1) is 0 Å². The molecule has 0 aliphatic carbocycles. The number of carbonyl (C=O) groups is 1. The van der Waals surface area contributed by atoms with Crippen LogP contribution in [-0.2, 0) is 14.8 Å². The minimum Gasteiger partial charge on any atom is -0.323 e. The van der Waals surface area contributed by atoms with Crippen molar-refractivity contribution >= 4 is 45.0 Å². The monoisotopic (exact) mass is 462 g/mol. The maximum absolute atomic E-state index is 12.4. The van der Waals surface area contributed by atoms with Crippen LogP contribution in [0.15, 0.2) is 96.2 Å². The lowest BCUT2D eigenvalue weighted by Crippen LogP contribution is -2.15. The Labute approximate surface area is 189 Å². The van der Waals surface area contributed by atoms with E-state index in [0.29, 0.717) is 5.69 Å². The molecule has 2 aromatic heterocycles. The number of carbonyl (C=O) groups excluding carboxylic acids is 1. The van der Waals surface area contributed by atoms with Gasteiger partial charge in [-0.3, -0.25) is 4.79 Å². The smallest absolute Gasteiger partial charge is 0.264 e. The molecule has 0 aliphatic heterocycles. The number of nitrogens with one attached hydrogen (secondary N) is 2. The molecule has 4 aromatic rings. The second-order valence-corrected chi connectivity index (χ2v) is 9.39. The van der Waals surface area contributed by atoms with Gasteiger partial charge in [-0.2, -0.15) is 0 Å². The quantitative estimate of drug-likeness (QED) is 0.389. The van der Waals surface area contributed by atoms with Crippen LogP contribution in [0.5, 0.6) is 0 Å². The fourth-order valence-corrected chi connectivity index (χ4v) is 4.66. The van der Waals surface area contributed by atoms with E-state index < -0.39 is 10.0 Å². The number of thiophene rings is 1. The number of hydrogen-bond donors (Lipinski definition) is 2. The Morgan fingerprint density at radius 3 is 2.31 bits per heavy atom. The largest absolute Gasteiger partial charge is 0.323 e. The summed E-state index contributed by atoms with van der Waals surface area (Å²) in [7, 11) is -3.83. The Bertz CT molecular complexity index is 1340. The molecule has 0 aliphatic rings. The zero-order chi connectivity index (χ0) is 22.4. The molecule has 0 fully saturated rings. The summed E-state index contributed by atoms with van der Waals surface area (Å²) < 4.78 is 27.1. The number of rotatable bonds is 7. The summed E-state index contributed by atoms with van der Waals surface area (Å²) in [6.07, 6.45) is 6.07. The van der Waals surface area contributed by atoms with Gasteiger partial charge in [0.15, 0.2) is 0 Å². The standard InChI is InChI=1S/C23H18N4O3S2/c28-22(14-10-19-9-13-21(31-19)17-5-2-1-3-6-17)26-18-7-11-20(12-8-18)32(29,30)27-23-24-15-4-16-25-23/h1-16H,(H,26,28)(H,24,25,27)/b14-10+. The van der Waals surface area contributed by atoms with Crippen LogP contribution in [0.3, 0.4) is 0 Å². The van der Waals surface area contributed by atoms with Crippen molar-refractivity contribution in [2.45, 2.75) is 4.90 Å². The van der Waals surface area contributed by atoms with Crippen LogP contribution in [0.25, 0.3) is 16.5 Å². The van der Waals surface area contributed by atoms with Crippen molar-refractivity contribution in [3.63, 3.8) is 0 Å². The van der Waals surface area contributed by atoms with Gasteiger partial charge in [-0.25, -0.2) is 23.1 Å². The van der Waals surface area contributed by atoms with E-state index in [2.05, 4.69) is 20.0 Å². The highest BCUT2D eigenvalue weighted by molar-refractivity contribution is 7.92. The average Bonchev–Trinajstić information content (AvgIpc) is 3.28. The van der Waals surface area contributed by atoms with E-state index in [0.717, 1.165) is 15.3 Å². The Balaban J connectivity index is 1.37. The van der Waals surface area contributed by atoms with Crippen LogP contribution in [0.1, 0.15) is 4.88 Å². The molecule has 0 saturated carbocycles. The lowest BCUT2D eigenvalue weighted by molar-refractivity contribution is -0.111. The van der Waals surface area contributed by atoms with Gasteiger partial charge in [-0.1, -0.05) is 30.3 Å². The van der Waals surface area contributed by atoms with Crippen molar-refractivity contribution in [1.82, 2.24) is 9.97 Å². The summed E-state index contributed by atoms with van der Waals surface area (Å²) in [5, 5.41) is 2.72. The van der Waals surface area contributed by atoms with Crippen molar-refractivity contribution in [1.29, 1.82) is 0 Å². The third-order valence-corrected chi connectivity index (χ3v) is 6.75. The van der Waals surface area contributed by atoms with Gasteiger partial charge in [0, 0.05) is 33.9 Å². The number of amides is 1. The molecule has 0 spiro atoms. The van der Waals surface area contributed by atoms with Crippen LogP contribution in [-0.4, -0.2) is 24.3 Å². The number of sulfonamides is 1. The molecule has 0 bridgehead atoms. The summed E-state index contributed by atoms with van der Waals surface area (Å²) >= 11 is 1.59. The normalized spacial score (nSPS) is 11.4. The van der Waals surface area contributed by atoms with Gasteiger partial charge in [-0.15, -0.1) is 11.3 Å². The first-order valence-corrected chi connectivity index (χ1v) is 11.8. The molecule has 2 heterocycles. The van der Waals surface area contributed by atoms with E-state index in [1.807, 2.05) is 42.5 Å². The topological polar surface area (TPSA) is 101 Å². The molecule has 0 unspecified atom stereocenters. The van der Waals surface area contributed by atoms with Gasteiger partial charge in [0.2, 0.25) is 11.9 Å². The molecule has 2 aromatic carbocycles. The third-order valence-electron chi connectivity index (χ3n) is 4.31. The average molecular weight is 463 g/mol. The van der Waals surface area contributed by atoms with Crippen molar-refractivity contribution in [2.24, 2.45) is 0 Å². The summed E-state index contributed by atoms with van der Waals surface area (Å²) in [6.45, 7) is 0. The van der Waals surface area contributed by atoms with E-state index in [9.17, 15) is 13.2 Å². The predicted octanol–water partition coefficient (Wildman–Crippen LogP) is 4.66. The van der Waals surface area contributed by atoms with Crippen LogP contribution < -0.4 is 10.0 Å². The summed E-state index contributed by atoms with van der Waals surface area (Å²) in [5.41, 5.74) is 1.61. The molecule has 1 amide bonds. The number of benzene rings is 2. The van der Waals surface area contributed by atoms with E-state index in [1.165, 1.54) is 42.7 Å². The number of anilines is 2. The lowest BCUT2D eigenvalue weighted by atomic mass is 10.2. The van der Waals surface area contributed by atoms with E-state index in [4.69, 9.17) is 0 Å². The molecule has 32 heavy (non-hydrogen) atoms. The molecular formula is C23H18N4O3S2. The lowest BCUT2D eigenvalue weighted by Gasteiger charge is -2.07. The molecule has 0 atom stereocenters. The molecule has 7 nitrogen and oxygen atoms in total. The highest BCUT2D eigenvalue weighted by Gasteiger charge is 2.15. The van der Waals surface area contributed by atoms with Gasteiger partial charge in [0.1, 0.15) is 0 Å². The first kappa shape index (κ1) is 21.4. The Hall–Kier alpha value is -3.82. The zero-order valence-corrected chi connectivity index (χ0v) is 18.3. The number of nitrogens with zero attached hydrogens (tertiary/aromatic N) is 2. The molecule has 0 saturated heterocycles. The third kappa shape index (κ3) is 5.45. The predicted molar refractivity (Wildman–Crippen MR) is 127 cm³/mol. The molecular weight excluding hydrogens is 444 g/mol. The maximum Gasteiger partial charge on any atom is 0.264 e. The summed E-state index contributed by atoms with van der Waals surface area (Å²) in [6, 6.07) is 21.4. The number of aromatic nitrogens is 2. The second-order valence-electron chi connectivity index (χ2n) is 6.59. The summed E-state index contributed by atoms with van der Waals surface area (Å²) in [5.74, 6) is -0.329. The number of hydrogen-bond acceptors (Lipinski definition) is 6. The van der Waals surface area contributed by atoms with E-state index in [1.54, 1.807) is 23.5 Å². The maximum atomic E-state index is 12.4. The highest BCUT2D eigenvalue weighted by Crippen LogP contribution is 2.28. The molecule has 160 valence electrons. The highest BCUT2D eigenvalue weighted by atomic mass is 32.2. The van der Waals surface area contributed by atoms with Gasteiger partial charge in [0.25, 0.3) is 10.0 Å². The second kappa shape index (κ2) is 9.54. The first-order chi connectivity index (χ1) is 15.5. The van der Waals surface area contributed by atoms with Gasteiger partial charge < -0.3 is 5.32 Å². The van der Waals surface area contributed by atoms with Gasteiger partial charge in [-0.05, 0) is 54.1 Å². The minimum atomic E-state index is -3.83. The first-order valence-electron chi connectivity index (χ1n) is 9.54. The van der Waals surface area contributed by atoms with Crippen molar-refractivity contribution in [3.8, 4) is 10.4 Å². The zero-order valence-electron chi connectivity index (χ0n) is 16.7. The Kier molecular flexibility index (Phi) is 6.39. The van der Waals surface area contributed by atoms with E-state index in [-0.39, 0.29) is 16.8 Å². The van der Waals surface area contributed by atoms with E-state index >= 15 is 0 Å². The Morgan fingerprint density at radius 2 is 1.59 bits per heavy atom. The molecule has 9 heteroatoms. The van der Waals surface area contributed by atoms with Gasteiger partial charge >= 0.3 is 0 Å². The molecule has 4 rings (SSSR count). The minimum absolute atomic E-state index is 0.0148. The van der Waals surface area contributed by atoms with Gasteiger partial charge in [0.05, 0.1) is 4.90 Å². The van der Waals surface area contributed by atoms with Crippen LogP contribution in [0.2, 0.25) is 0 Å². The van der Waals surface area contributed by atoms with Crippen LogP contribution in [0.4, 0.5) is 11.6 Å². The van der Waals surface area contributed by atoms with Crippen molar-refractivity contribution in [3.05, 3.63) is 96.1 Å².